The third kappa shape index (κ3) is 3.31. The number of pyridine rings is 1. The van der Waals surface area contributed by atoms with Gasteiger partial charge in [-0.1, -0.05) is 48.6 Å². The summed E-state index contributed by atoms with van der Waals surface area (Å²) in [5.41, 5.74) is 2.35. The Labute approximate surface area is 153 Å². The van der Waals surface area contributed by atoms with E-state index >= 15 is 0 Å². The predicted molar refractivity (Wildman–Crippen MR) is 100 cm³/mol. The SMILES string of the molecule is CCc1nnc(NC(=O)c2cnc3c(cnn3Cc3ccccc3)c2)s1. The second-order valence-corrected chi connectivity index (χ2v) is 6.80. The maximum absolute atomic E-state index is 12.4. The lowest BCUT2D eigenvalue weighted by Gasteiger charge is -2.04. The van der Waals surface area contributed by atoms with Crippen molar-refractivity contribution in [3.05, 3.63) is 64.9 Å². The summed E-state index contributed by atoms with van der Waals surface area (Å²) in [6.45, 7) is 2.63. The van der Waals surface area contributed by atoms with Crippen LogP contribution < -0.4 is 5.32 Å². The Kier molecular flexibility index (Phi) is 4.40. The molecule has 0 saturated carbocycles. The van der Waals surface area contributed by atoms with E-state index in [9.17, 15) is 4.79 Å². The van der Waals surface area contributed by atoms with Crippen molar-refractivity contribution < 1.29 is 4.79 Å². The largest absolute Gasteiger partial charge is 0.296 e. The van der Waals surface area contributed by atoms with E-state index in [-0.39, 0.29) is 5.91 Å². The van der Waals surface area contributed by atoms with Crippen LogP contribution >= 0.6 is 11.3 Å². The van der Waals surface area contributed by atoms with Gasteiger partial charge in [0.1, 0.15) is 5.01 Å². The van der Waals surface area contributed by atoms with Gasteiger partial charge in [-0.05, 0) is 18.1 Å². The first kappa shape index (κ1) is 16.3. The maximum Gasteiger partial charge on any atom is 0.259 e. The van der Waals surface area contributed by atoms with Crippen LogP contribution in [0.15, 0.2) is 48.8 Å². The summed E-state index contributed by atoms with van der Waals surface area (Å²) < 4.78 is 1.82. The minimum Gasteiger partial charge on any atom is -0.296 e. The van der Waals surface area contributed by atoms with Crippen LogP contribution in [-0.2, 0) is 13.0 Å². The van der Waals surface area contributed by atoms with Crippen molar-refractivity contribution >= 4 is 33.4 Å². The van der Waals surface area contributed by atoms with Crippen LogP contribution in [-0.4, -0.2) is 30.9 Å². The fourth-order valence-electron chi connectivity index (χ4n) is 2.58. The van der Waals surface area contributed by atoms with E-state index < -0.39 is 0 Å². The fourth-order valence-corrected chi connectivity index (χ4v) is 3.26. The number of anilines is 1. The van der Waals surface area contributed by atoms with E-state index in [1.165, 1.54) is 11.3 Å². The first-order valence-electron chi connectivity index (χ1n) is 8.22. The average Bonchev–Trinajstić information content (AvgIpc) is 3.29. The molecule has 26 heavy (non-hydrogen) atoms. The van der Waals surface area contributed by atoms with Gasteiger partial charge in [0, 0.05) is 11.6 Å². The molecule has 0 aliphatic carbocycles. The Morgan fingerprint density at radius 1 is 1.19 bits per heavy atom. The molecule has 7 nitrogen and oxygen atoms in total. The van der Waals surface area contributed by atoms with Gasteiger partial charge in [0.15, 0.2) is 5.65 Å². The zero-order chi connectivity index (χ0) is 17.9. The molecule has 0 saturated heterocycles. The number of carbonyl (C=O) groups is 1. The third-order valence-electron chi connectivity index (χ3n) is 3.90. The van der Waals surface area contributed by atoms with Crippen LogP contribution in [0.2, 0.25) is 0 Å². The molecule has 0 aliphatic rings. The molecule has 4 rings (SSSR count). The Balaban J connectivity index is 1.55. The molecular weight excluding hydrogens is 348 g/mol. The van der Waals surface area contributed by atoms with Gasteiger partial charge in [-0.15, -0.1) is 10.2 Å². The molecule has 0 spiro atoms. The van der Waals surface area contributed by atoms with E-state index in [4.69, 9.17) is 0 Å². The number of nitrogens with zero attached hydrogens (tertiary/aromatic N) is 5. The molecule has 1 N–H and O–H groups in total. The standard InChI is InChI=1S/C18H16N6OS/c1-2-15-22-23-18(26-15)21-17(25)14-8-13-10-20-24(16(13)19-9-14)11-12-6-4-3-5-7-12/h3-10H,2,11H2,1H3,(H,21,23,25). The maximum atomic E-state index is 12.4. The smallest absolute Gasteiger partial charge is 0.259 e. The highest BCUT2D eigenvalue weighted by Crippen LogP contribution is 2.18. The topological polar surface area (TPSA) is 85.6 Å². The van der Waals surface area contributed by atoms with Gasteiger partial charge < -0.3 is 0 Å². The molecule has 0 aliphatic heterocycles. The van der Waals surface area contributed by atoms with Crippen LogP contribution in [0.5, 0.6) is 0 Å². The van der Waals surface area contributed by atoms with Crippen molar-refractivity contribution in [3.8, 4) is 0 Å². The third-order valence-corrected chi connectivity index (χ3v) is 4.89. The number of hydrogen-bond donors (Lipinski definition) is 1. The lowest BCUT2D eigenvalue weighted by atomic mass is 10.2. The van der Waals surface area contributed by atoms with Crippen LogP contribution in [0.4, 0.5) is 5.13 Å². The molecule has 130 valence electrons. The fraction of sp³-hybridized carbons (Fsp3) is 0.167. The summed E-state index contributed by atoms with van der Waals surface area (Å²) in [5.74, 6) is -0.256. The van der Waals surface area contributed by atoms with Crippen LogP contribution in [0.25, 0.3) is 11.0 Å². The molecule has 3 heterocycles. The molecular formula is C18H16N6OS. The monoisotopic (exact) mass is 364 g/mol. The van der Waals surface area contributed by atoms with Crippen molar-refractivity contribution in [1.82, 2.24) is 25.0 Å². The van der Waals surface area contributed by atoms with E-state index in [2.05, 4.69) is 25.6 Å². The van der Waals surface area contributed by atoms with Gasteiger partial charge in [-0.2, -0.15) is 5.10 Å². The predicted octanol–water partition coefficient (Wildman–Crippen LogP) is 3.15. The van der Waals surface area contributed by atoms with Crippen LogP contribution in [0.1, 0.15) is 27.9 Å². The van der Waals surface area contributed by atoms with E-state index in [0.717, 1.165) is 28.0 Å². The Bertz CT molecular complexity index is 1060. The average molecular weight is 364 g/mol. The first-order valence-corrected chi connectivity index (χ1v) is 9.04. The number of carbonyl (C=O) groups excluding carboxylic acids is 1. The summed E-state index contributed by atoms with van der Waals surface area (Å²) in [6, 6.07) is 11.8. The molecule has 0 atom stereocenters. The van der Waals surface area contributed by atoms with Crippen LogP contribution in [0.3, 0.4) is 0 Å². The molecule has 0 unspecified atom stereocenters. The highest BCUT2D eigenvalue weighted by Gasteiger charge is 2.13. The van der Waals surface area contributed by atoms with Crippen LogP contribution in [0, 0.1) is 0 Å². The Hall–Kier alpha value is -3.13. The van der Waals surface area contributed by atoms with E-state index in [0.29, 0.717) is 17.2 Å². The van der Waals surface area contributed by atoms with Crippen molar-refractivity contribution in [3.63, 3.8) is 0 Å². The lowest BCUT2D eigenvalue weighted by molar-refractivity contribution is 0.102. The van der Waals surface area contributed by atoms with Crippen molar-refractivity contribution in [2.45, 2.75) is 19.9 Å². The summed E-state index contributed by atoms with van der Waals surface area (Å²) >= 11 is 1.37. The second-order valence-electron chi connectivity index (χ2n) is 5.73. The molecule has 0 radical (unpaired) electrons. The highest BCUT2D eigenvalue weighted by atomic mass is 32.1. The lowest BCUT2D eigenvalue weighted by Crippen LogP contribution is -2.12. The summed E-state index contributed by atoms with van der Waals surface area (Å²) in [4.78, 5) is 16.8. The summed E-state index contributed by atoms with van der Waals surface area (Å²) in [7, 11) is 0. The number of amides is 1. The number of aryl methyl sites for hydroxylation is 1. The normalized spacial score (nSPS) is 11.0. The molecule has 1 amide bonds. The number of fused-ring (bicyclic) bond motifs is 1. The molecule has 1 aromatic carbocycles. The van der Waals surface area contributed by atoms with Gasteiger partial charge >= 0.3 is 0 Å². The summed E-state index contributed by atoms with van der Waals surface area (Å²) in [6.07, 6.45) is 4.08. The molecule has 3 aromatic heterocycles. The second kappa shape index (κ2) is 7.01. The van der Waals surface area contributed by atoms with E-state index in [1.807, 2.05) is 41.9 Å². The molecule has 4 aromatic rings. The zero-order valence-electron chi connectivity index (χ0n) is 14.1. The van der Waals surface area contributed by atoms with Crippen molar-refractivity contribution in [1.29, 1.82) is 0 Å². The van der Waals surface area contributed by atoms with Crippen molar-refractivity contribution in [2.24, 2.45) is 0 Å². The Morgan fingerprint density at radius 3 is 2.81 bits per heavy atom. The number of aromatic nitrogens is 5. The van der Waals surface area contributed by atoms with Gasteiger partial charge in [0.25, 0.3) is 5.91 Å². The number of nitrogens with one attached hydrogen (secondary N) is 1. The molecule has 0 bridgehead atoms. The number of rotatable bonds is 5. The van der Waals surface area contributed by atoms with Gasteiger partial charge in [0.2, 0.25) is 5.13 Å². The Morgan fingerprint density at radius 2 is 2.04 bits per heavy atom. The first-order chi connectivity index (χ1) is 12.7. The molecule has 8 heteroatoms. The van der Waals surface area contributed by atoms with E-state index in [1.54, 1.807) is 18.5 Å². The van der Waals surface area contributed by atoms with Gasteiger partial charge in [-0.3, -0.25) is 10.1 Å². The van der Waals surface area contributed by atoms with Gasteiger partial charge in [0.05, 0.1) is 18.3 Å². The minimum absolute atomic E-state index is 0.256. The van der Waals surface area contributed by atoms with Crippen molar-refractivity contribution in [2.75, 3.05) is 5.32 Å². The number of hydrogen-bond acceptors (Lipinski definition) is 6. The summed E-state index contributed by atoms with van der Waals surface area (Å²) in [5, 5.41) is 17.3. The van der Waals surface area contributed by atoms with Gasteiger partial charge in [-0.25, -0.2) is 9.67 Å². The quantitative estimate of drug-likeness (QED) is 0.588. The highest BCUT2D eigenvalue weighted by molar-refractivity contribution is 7.15. The minimum atomic E-state index is -0.256. The molecule has 0 fully saturated rings. The number of benzene rings is 1. The zero-order valence-corrected chi connectivity index (χ0v) is 14.9.